The molecule has 4 N–H and O–H groups in total. The van der Waals surface area contributed by atoms with E-state index in [4.69, 9.17) is 4.74 Å². The summed E-state index contributed by atoms with van der Waals surface area (Å²) in [5.41, 5.74) is -1.50. The van der Waals surface area contributed by atoms with Crippen LogP contribution in [0.4, 0.5) is 0 Å². The Labute approximate surface area is 248 Å². The maximum Gasteiger partial charge on any atom is 0.258 e. The van der Waals surface area contributed by atoms with Crippen LogP contribution in [-0.4, -0.2) is 61.2 Å². The number of rotatable bonds is 8. The number of amides is 2. The van der Waals surface area contributed by atoms with E-state index in [2.05, 4.69) is 15.7 Å². The van der Waals surface area contributed by atoms with Gasteiger partial charge in [0.05, 0.1) is 28.9 Å². The number of nitrogens with zero attached hydrogens (tertiary/aromatic N) is 2. The molecule has 1 heterocycles. The molecule has 0 spiro atoms. The predicted octanol–water partition coefficient (Wildman–Crippen LogP) is 3.89. The zero-order valence-electron chi connectivity index (χ0n) is 25.5. The van der Waals surface area contributed by atoms with Crippen molar-refractivity contribution >= 4 is 18.0 Å². The standard InChI is InChI=1S/C33H48N4O5/c1-18(2)42-29-25(28(38)35-26-21-7-19-8-22(26)14-32(40,11-19)13-21)17-34-37(29)6-5-31(3,4)30(39)36-27-23-9-20-10-24(27)16-33(41,12-20)15-23/h5-6,17-24,26-27,40-41H,7-16H2,1-4H3,(H,35,38)(H,36,39)/b6-5+. The van der Waals surface area contributed by atoms with Crippen LogP contribution in [0, 0.1) is 40.9 Å². The highest BCUT2D eigenvalue weighted by atomic mass is 16.5. The topological polar surface area (TPSA) is 126 Å². The predicted molar refractivity (Wildman–Crippen MR) is 157 cm³/mol. The molecule has 230 valence electrons. The first-order chi connectivity index (χ1) is 19.8. The minimum atomic E-state index is -0.810. The summed E-state index contributed by atoms with van der Waals surface area (Å²) in [4.78, 5) is 27.1. The van der Waals surface area contributed by atoms with E-state index in [1.807, 2.05) is 33.8 Å². The van der Waals surface area contributed by atoms with E-state index in [1.165, 1.54) is 0 Å². The summed E-state index contributed by atoms with van der Waals surface area (Å²) in [7, 11) is 0. The van der Waals surface area contributed by atoms with Crippen molar-refractivity contribution < 1.29 is 24.5 Å². The van der Waals surface area contributed by atoms with Crippen LogP contribution in [0.5, 0.6) is 5.88 Å². The van der Waals surface area contributed by atoms with Gasteiger partial charge in [0.2, 0.25) is 11.8 Å². The Morgan fingerprint density at radius 2 is 1.43 bits per heavy atom. The third-order valence-electron chi connectivity index (χ3n) is 11.6. The molecule has 0 aliphatic heterocycles. The number of carbonyl (C=O) groups is 2. The largest absolute Gasteiger partial charge is 0.474 e. The second-order valence-corrected chi connectivity index (χ2v) is 15.9. The number of hydrogen-bond donors (Lipinski definition) is 4. The number of carbonyl (C=O) groups excluding carboxylic acids is 2. The minimum Gasteiger partial charge on any atom is -0.474 e. The Balaban J connectivity index is 1.05. The summed E-state index contributed by atoms with van der Waals surface area (Å²) < 4.78 is 7.66. The van der Waals surface area contributed by atoms with Crippen LogP contribution in [-0.2, 0) is 4.79 Å². The molecule has 42 heavy (non-hydrogen) atoms. The Bertz CT molecular complexity index is 1250. The first-order valence-electron chi connectivity index (χ1n) is 16.3. The molecule has 9 nitrogen and oxygen atoms in total. The number of ether oxygens (including phenoxy) is 1. The molecule has 1 aromatic rings. The second-order valence-electron chi connectivity index (χ2n) is 15.9. The second kappa shape index (κ2) is 9.81. The van der Waals surface area contributed by atoms with Crippen LogP contribution in [0.1, 0.15) is 102 Å². The summed E-state index contributed by atoms with van der Waals surface area (Å²) in [6.45, 7) is 7.62. The van der Waals surface area contributed by atoms with Gasteiger partial charge >= 0.3 is 0 Å². The minimum absolute atomic E-state index is 0.0387. The SMILES string of the molecule is CC(C)Oc1c(C(=O)NC2C3CC4CC2CC(O)(C4)C3)cnn1/C=C/C(C)(C)C(=O)NC1C2CC3CC1CC(O)(C3)C2. The lowest BCUT2D eigenvalue weighted by Gasteiger charge is -2.58. The summed E-state index contributed by atoms with van der Waals surface area (Å²) >= 11 is 0. The van der Waals surface area contributed by atoms with E-state index in [-0.39, 0.29) is 30.0 Å². The molecule has 8 aliphatic carbocycles. The van der Waals surface area contributed by atoms with Gasteiger partial charge in [-0.2, -0.15) is 5.10 Å². The molecule has 0 saturated heterocycles. The molecule has 4 atom stereocenters. The number of aliphatic hydroxyl groups is 2. The van der Waals surface area contributed by atoms with Gasteiger partial charge in [0.15, 0.2) is 0 Å². The Morgan fingerprint density at radius 3 is 1.90 bits per heavy atom. The molecule has 8 saturated carbocycles. The number of nitrogens with one attached hydrogen (secondary N) is 2. The van der Waals surface area contributed by atoms with Gasteiger partial charge in [-0.15, -0.1) is 0 Å². The maximum absolute atomic E-state index is 13.6. The highest BCUT2D eigenvalue weighted by Crippen LogP contribution is 2.57. The molecular formula is C33H48N4O5. The highest BCUT2D eigenvalue weighted by Gasteiger charge is 2.56. The van der Waals surface area contributed by atoms with Gasteiger partial charge in [-0.25, -0.2) is 4.68 Å². The first kappa shape index (κ1) is 28.4. The van der Waals surface area contributed by atoms with Gasteiger partial charge in [-0.3, -0.25) is 9.59 Å². The highest BCUT2D eigenvalue weighted by molar-refractivity contribution is 5.96. The average Bonchev–Trinajstić information content (AvgIpc) is 3.26. The van der Waals surface area contributed by atoms with E-state index in [9.17, 15) is 19.8 Å². The lowest BCUT2D eigenvalue weighted by molar-refractivity contribution is -0.149. The molecule has 4 unspecified atom stereocenters. The van der Waals surface area contributed by atoms with Crippen molar-refractivity contribution in [3.8, 4) is 5.88 Å². The number of hydrogen-bond acceptors (Lipinski definition) is 6. The fourth-order valence-electron chi connectivity index (χ4n) is 10.3. The molecule has 8 fully saturated rings. The monoisotopic (exact) mass is 580 g/mol. The van der Waals surface area contributed by atoms with Crippen molar-refractivity contribution in [1.29, 1.82) is 0 Å². The van der Waals surface area contributed by atoms with Gasteiger partial charge in [0, 0.05) is 18.3 Å². The zero-order chi connectivity index (χ0) is 29.6. The van der Waals surface area contributed by atoms with Crippen molar-refractivity contribution in [2.24, 2.45) is 40.9 Å². The summed E-state index contributed by atoms with van der Waals surface area (Å²) in [5.74, 6) is 2.61. The molecule has 0 aromatic carbocycles. The van der Waals surface area contributed by atoms with E-state index < -0.39 is 16.6 Å². The van der Waals surface area contributed by atoms with Crippen LogP contribution >= 0.6 is 0 Å². The molecular weight excluding hydrogens is 532 g/mol. The van der Waals surface area contributed by atoms with E-state index in [0.29, 0.717) is 47.0 Å². The third-order valence-corrected chi connectivity index (χ3v) is 11.6. The third kappa shape index (κ3) is 4.98. The molecule has 8 bridgehead atoms. The summed E-state index contributed by atoms with van der Waals surface area (Å²) in [5, 5.41) is 33.0. The Morgan fingerprint density at radius 1 is 0.929 bits per heavy atom. The number of aromatic nitrogens is 2. The smallest absolute Gasteiger partial charge is 0.258 e. The van der Waals surface area contributed by atoms with Gasteiger partial charge in [-0.1, -0.05) is 6.08 Å². The molecule has 1 aromatic heterocycles. The summed E-state index contributed by atoms with van der Waals surface area (Å²) in [6, 6.07) is 0.182. The van der Waals surface area contributed by atoms with Crippen LogP contribution in [0.15, 0.2) is 12.3 Å². The van der Waals surface area contributed by atoms with E-state index >= 15 is 0 Å². The normalized spacial score (nSPS) is 41.6. The van der Waals surface area contributed by atoms with E-state index in [0.717, 1.165) is 64.2 Å². The molecule has 9 heteroatoms. The molecule has 2 amide bonds. The van der Waals surface area contributed by atoms with Crippen molar-refractivity contribution in [3.63, 3.8) is 0 Å². The Hall–Kier alpha value is -2.39. The molecule has 8 aliphatic rings. The quantitative estimate of drug-likeness (QED) is 0.370. The fourth-order valence-corrected chi connectivity index (χ4v) is 10.3. The maximum atomic E-state index is 13.6. The lowest BCUT2D eigenvalue weighted by Crippen LogP contribution is -2.62. The fraction of sp³-hybridized carbons (Fsp3) is 0.788. The van der Waals surface area contributed by atoms with Gasteiger partial charge in [0.1, 0.15) is 5.56 Å². The van der Waals surface area contributed by atoms with Crippen LogP contribution in [0.2, 0.25) is 0 Å². The average molecular weight is 581 g/mol. The van der Waals surface area contributed by atoms with Gasteiger partial charge in [-0.05, 0) is 127 Å². The zero-order valence-corrected chi connectivity index (χ0v) is 25.5. The van der Waals surface area contributed by atoms with Crippen molar-refractivity contribution in [3.05, 3.63) is 17.8 Å². The van der Waals surface area contributed by atoms with Crippen LogP contribution < -0.4 is 15.4 Å². The van der Waals surface area contributed by atoms with Crippen molar-refractivity contribution in [2.45, 2.75) is 121 Å². The van der Waals surface area contributed by atoms with Gasteiger partial charge < -0.3 is 25.6 Å². The van der Waals surface area contributed by atoms with Crippen molar-refractivity contribution in [1.82, 2.24) is 20.4 Å². The lowest BCUT2D eigenvalue weighted by atomic mass is 9.52. The first-order valence-corrected chi connectivity index (χ1v) is 16.3. The van der Waals surface area contributed by atoms with Gasteiger partial charge in [0.25, 0.3) is 5.91 Å². The van der Waals surface area contributed by atoms with Crippen LogP contribution in [0.25, 0.3) is 6.20 Å². The molecule has 9 rings (SSSR count). The van der Waals surface area contributed by atoms with E-state index in [1.54, 1.807) is 17.1 Å². The molecule has 0 radical (unpaired) electrons. The summed E-state index contributed by atoms with van der Waals surface area (Å²) in [6.07, 6.45) is 14.2. The van der Waals surface area contributed by atoms with Crippen molar-refractivity contribution in [2.75, 3.05) is 0 Å². The van der Waals surface area contributed by atoms with Crippen LogP contribution in [0.3, 0.4) is 0 Å². The Kier molecular flexibility index (Phi) is 6.63.